The van der Waals surface area contributed by atoms with Gasteiger partial charge in [0.05, 0.1) is 6.54 Å². The third kappa shape index (κ3) is 3.22. The van der Waals surface area contributed by atoms with Gasteiger partial charge in [0.1, 0.15) is 6.29 Å². The number of carbonyl (C=O) groups is 3. The Labute approximate surface area is 51.6 Å². The second-order valence-electron chi connectivity index (χ2n) is 1.17. The highest BCUT2D eigenvalue weighted by atomic mass is 16.2. The highest BCUT2D eigenvalue weighted by Crippen LogP contribution is 1.66. The van der Waals surface area contributed by atoms with Crippen LogP contribution in [0.15, 0.2) is 0 Å². The molecule has 0 aromatic heterocycles. The zero-order valence-electron chi connectivity index (χ0n) is 4.61. The van der Waals surface area contributed by atoms with Crippen molar-refractivity contribution >= 4 is 19.1 Å². The van der Waals surface area contributed by atoms with Gasteiger partial charge in [-0.25, -0.2) is 5.01 Å². The predicted octanol–water partition coefficient (Wildman–Crippen LogP) is -1.70. The van der Waals surface area contributed by atoms with Crippen molar-refractivity contribution in [2.24, 2.45) is 0 Å². The number of amides is 2. The van der Waals surface area contributed by atoms with Gasteiger partial charge in [0.25, 0.3) is 0 Å². The van der Waals surface area contributed by atoms with Gasteiger partial charge in [0.15, 0.2) is 0 Å². The molecule has 0 aromatic carbocycles. The van der Waals surface area contributed by atoms with Crippen molar-refractivity contribution in [2.45, 2.75) is 0 Å². The summed E-state index contributed by atoms with van der Waals surface area (Å²) in [6.07, 6.45) is 1.17. The Morgan fingerprint density at radius 2 is 2.00 bits per heavy atom. The highest BCUT2D eigenvalue weighted by Gasteiger charge is 1.93. The van der Waals surface area contributed by atoms with Crippen LogP contribution in [0.4, 0.5) is 0 Å². The van der Waals surface area contributed by atoms with Gasteiger partial charge in [0.2, 0.25) is 12.8 Å². The van der Waals surface area contributed by atoms with Crippen molar-refractivity contribution in [1.82, 2.24) is 10.4 Å². The van der Waals surface area contributed by atoms with E-state index in [0.717, 1.165) is 5.01 Å². The second kappa shape index (κ2) is 4.76. The molecule has 0 aliphatic carbocycles. The van der Waals surface area contributed by atoms with Gasteiger partial charge in [-0.1, -0.05) is 0 Å². The fraction of sp³-hybridized carbons (Fsp3) is 0.250. The molecule has 0 radical (unpaired) electrons. The van der Waals surface area contributed by atoms with Crippen LogP contribution in [0.1, 0.15) is 0 Å². The molecule has 0 aliphatic heterocycles. The summed E-state index contributed by atoms with van der Waals surface area (Å²) >= 11 is 0. The Balaban J connectivity index is 3.51. The summed E-state index contributed by atoms with van der Waals surface area (Å²) in [6, 6.07) is 0. The molecule has 0 rings (SSSR count). The number of aldehydes is 1. The molecule has 0 unspecified atom stereocenters. The lowest BCUT2D eigenvalue weighted by Crippen LogP contribution is -2.36. The molecule has 0 spiro atoms. The maximum absolute atomic E-state index is 9.83. The summed E-state index contributed by atoms with van der Waals surface area (Å²) in [5.41, 5.74) is 1.99. The van der Waals surface area contributed by atoms with E-state index in [1.165, 1.54) is 0 Å². The van der Waals surface area contributed by atoms with Gasteiger partial charge in [-0.2, -0.15) is 0 Å². The van der Waals surface area contributed by atoms with Crippen LogP contribution < -0.4 is 5.43 Å². The number of hydrogen-bond acceptors (Lipinski definition) is 3. The maximum Gasteiger partial charge on any atom is 0.228 e. The number of hydrogen-bond donors (Lipinski definition) is 1. The first-order chi connectivity index (χ1) is 4.35. The van der Waals surface area contributed by atoms with E-state index in [1.54, 1.807) is 0 Å². The van der Waals surface area contributed by atoms with E-state index >= 15 is 0 Å². The van der Waals surface area contributed by atoms with E-state index in [0.29, 0.717) is 19.1 Å². The SMILES string of the molecule is O=CCN(C=O)NC=O. The molecule has 2 amide bonds. The van der Waals surface area contributed by atoms with Gasteiger partial charge < -0.3 is 4.79 Å². The lowest BCUT2D eigenvalue weighted by Gasteiger charge is -2.09. The molecule has 0 saturated carbocycles. The van der Waals surface area contributed by atoms with E-state index < -0.39 is 0 Å². The first-order valence-electron chi connectivity index (χ1n) is 2.20. The molecule has 9 heavy (non-hydrogen) atoms. The number of hydrazine groups is 1. The van der Waals surface area contributed by atoms with E-state index in [9.17, 15) is 14.4 Å². The molecule has 50 valence electrons. The number of nitrogens with one attached hydrogen (secondary N) is 1. The van der Waals surface area contributed by atoms with E-state index in [2.05, 4.69) is 0 Å². The van der Waals surface area contributed by atoms with Crippen molar-refractivity contribution in [3.63, 3.8) is 0 Å². The average Bonchev–Trinajstić information content (AvgIpc) is 1.88. The Kier molecular flexibility index (Phi) is 4.03. The van der Waals surface area contributed by atoms with Crippen LogP contribution >= 0.6 is 0 Å². The number of rotatable bonds is 5. The molecule has 0 aromatic rings. The Morgan fingerprint density at radius 3 is 2.33 bits per heavy atom. The smallest absolute Gasteiger partial charge is 0.228 e. The van der Waals surface area contributed by atoms with Gasteiger partial charge in [-0.05, 0) is 0 Å². The third-order valence-corrected chi connectivity index (χ3v) is 0.617. The summed E-state index contributed by atoms with van der Waals surface area (Å²) in [5.74, 6) is 0. The molecule has 0 atom stereocenters. The van der Waals surface area contributed by atoms with Crippen LogP contribution in [-0.4, -0.2) is 30.7 Å². The molecular weight excluding hydrogens is 124 g/mol. The fourth-order valence-corrected chi connectivity index (χ4v) is 0.274. The molecule has 0 bridgehead atoms. The standard InChI is InChI=1S/C4H6N2O3/c7-2-1-6(4-9)5-3-8/h2-4H,1H2,(H,5,8). The van der Waals surface area contributed by atoms with Gasteiger partial charge in [-0.3, -0.25) is 15.0 Å². The first-order valence-corrected chi connectivity index (χ1v) is 2.20. The molecule has 0 saturated heterocycles. The number of nitrogens with zero attached hydrogens (tertiary/aromatic N) is 1. The quantitative estimate of drug-likeness (QED) is 0.356. The van der Waals surface area contributed by atoms with Crippen molar-refractivity contribution in [3.05, 3.63) is 0 Å². The summed E-state index contributed by atoms with van der Waals surface area (Å²) < 4.78 is 0. The van der Waals surface area contributed by atoms with Gasteiger partial charge in [-0.15, -0.1) is 0 Å². The first kappa shape index (κ1) is 7.61. The molecule has 0 heterocycles. The minimum Gasteiger partial charge on any atom is -0.301 e. The molecule has 1 N–H and O–H groups in total. The van der Waals surface area contributed by atoms with Gasteiger partial charge in [0, 0.05) is 0 Å². The van der Waals surface area contributed by atoms with Crippen LogP contribution in [-0.2, 0) is 14.4 Å². The topological polar surface area (TPSA) is 66.5 Å². The summed E-state index contributed by atoms with van der Waals surface area (Å²) in [4.78, 5) is 29.1. The normalized spacial score (nSPS) is 7.56. The van der Waals surface area contributed by atoms with Crippen LogP contribution in [0, 0.1) is 0 Å². The van der Waals surface area contributed by atoms with Crippen LogP contribution in [0.25, 0.3) is 0 Å². The van der Waals surface area contributed by atoms with Crippen molar-refractivity contribution in [3.8, 4) is 0 Å². The Hall–Kier alpha value is -1.39. The Morgan fingerprint density at radius 1 is 1.33 bits per heavy atom. The van der Waals surface area contributed by atoms with Crippen LogP contribution in [0.3, 0.4) is 0 Å². The summed E-state index contributed by atoms with van der Waals surface area (Å²) in [7, 11) is 0. The van der Waals surface area contributed by atoms with E-state index in [1.807, 2.05) is 5.43 Å². The lowest BCUT2D eigenvalue weighted by molar-refractivity contribution is -0.129. The second-order valence-corrected chi connectivity index (χ2v) is 1.17. The highest BCUT2D eigenvalue weighted by molar-refractivity contribution is 5.61. The van der Waals surface area contributed by atoms with Crippen LogP contribution in [0.5, 0.6) is 0 Å². The number of carbonyl (C=O) groups excluding carboxylic acids is 3. The third-order valence-electron chi connectivity index (χ3n) is 0.617. The largest absolute Gasteiger partial charge is 0.301 e. The van der Waals surface area contributed by atoms with Crippen molar-refractivity contribution in [2.75, 3.05) is 6.54 Å². The summed E-state index contributed by atoms with van der Waals surface area (Å²) in [6.45, 7) is -0.123. The molecule has 5 heteroatoms. The van der Waals surface area contributed by atoms with E-state index in [-0.39, 0.29) is 6.54 Å². The van der Waals surface area contributed by atoms with Crippen LogP contribution in [0.2, 0.25) is 0 Å². The molecule has 0 fully saturated rings. The van der Waals surface area contributed by atoms with Crippen molar-refractivity contribution < 1.29 is 14.4 Å². The minimum atomic E-state index is -0.123. The summed E-state index contributed by atoms with van der Waals surface area (Å²) in [5, 5.41) is 0.819. The van der Waals surface area contributed by atoms with Crippen molar-refractivity contribution in [1.29, 1.82) is 0 Å². The van der Waals surface area contributed by atoms with Gasteiger partial charge >= 0.3 is 0 Å². The Bertz CT molecular complexity index is 104. The maximum atomic E-state index is 9.83. The molecule has 0 aliphatic rings. The average molecular weight is 130 g/mol. The minimum absolute atomic E-state index is 0.123. The zero-order valence-corrected chi connectivity index (χ0v) is 4.61. The van der Waals surface area contributed by atoms with E-state index in [4.69, 9.17) is 0 Å². The molecular formula is C4H6N2O3. The predicted molar refractivity (Wildman–Crippen MR) is 28.0 cm³/mol. The molecule has 5 nitrogen and oxygen atoms in total. The fourth-order valence-electron chi connectivity index (χ4n) is 0.274. The zero-order chi connectivity index (χ0) is 7.11. The lowest BCUT2D eigenvalue weighted by atomic mass is 10.7. The monoisotopic (exact) mass is 130 g/mol.